The molecule has 2 aliphatic heterocycles. The number of carbonyl (C=O) groups excluding carboxylic acids is 4. The molecule has 0 radical (unpaired) electrons. The van der Waals surface area contributed by atoms with Gasteiger partial charge in [-0.3, -0.25) is 19.2 Å². The van der Waals surface area contributed by atoms with Crippen LogP contribution >= 0.6 is 0 Å². The van der Waals surface area contributed by atoms with Gasteiger partial charge in [0, 0.05) is 136 Å². The molecule has 0 N–H and O–H groups in total. The van der Waals surface area contributed by atoms with Crippen molar-refractivity contribution in [1.82, 2.24) is 19.6 Å². The van der Waals surface area contributed by atoms with Gasteiger partial charge in [0.05, 0.1) is 0 Å². The fraction of sp³-hybridized carbons (Fsp3) is 0.514. The van der Waals surface area contributed by atoms with Crippen LogP contribution in [0.5, 0.6) is 0 Å². The molecule has 2 aliphatic rings. The van der Waals surface area contributed by atoms with Gasteiger partial charge in [-0.2, -0.15) is 0 Å². The van der Waals surface area contributed by atoms with E-state index in [2.05, 4.69) is 9.80 Å². The lowest BCUT2D eigenvalue weighted by Crippen LogP contribution is -2.48. The van der Waals surface area contributed by atoms with Crippen LogP contribution in [0.25, 0.3) is 0 Å². The number of methoxy groups -OCH3 is 2. The number of rotatable bonds is 10. The molecule has 12 nitrogen and oxygen atoms in total. The van der Waals surface area contributed by atoms with Crippen molar-refractivity contribution in [3.63, 3.8) is 0 Å². The molecule has 0 atom stereocenters. The van der Waals surface area contributed by atoms with Gasteiger partial charge in [-0.15, -0.1) is 0 Å². The number of hydrogen-bond donors (Lipinski definition) is 0. The van der Waals surface area contributed by atoms with Crippen LogP contribution in [0.15, 0.2) is 60.8 Å². The second-order valence-electron chi connectivity index (χ2n) is 12.4. The maximum absolute atomic E-state index is 12.0. The minimum Gasteiger partial charge on any atom is -0.383 e. The van der Waals surface area contributed by atoms with Crippen molar-refractivity contribution >= 4 is 34.8 Å². The van der Waals surface area contributed by atoms with Gasteiger partial charge >= 0.3 is 0 Å². The quantitative estimate of drug-likeness (QED) is 0.211. The van der Waals surface area contributed by atoms with Crippen LogP contribution in [0, 0.1) is 0 Å². The Morgan fingerprint density at radius 3 is 1.33 bits per heavy atom. The fourth-order valence-electron chi connectivity index (χ4n) is 5.16. The van der Waals surface area contributed by atoms with E-state index in [1.54, 1.807) is 47.3 Å². The molecule has 4 rings (SSSR count). The van der Waals surface area contributed by atoms with E-state index >= 15 is 0 Å². The average molecular weight is 681 g/mol. The van der Waals surface area contributed by atoms with Crippen LogP contribution in [0.2, 0.25) is 0 Å². The third kappa shape index (κ3) is 14.4. The fourth-order valence-corrected chi connectivity index (χ4v) is 5.16. The zero-order valence-electron chi connectivity index (χ0n) is 30.8. The second-order valence-corrected chi connectivity index (χ2v) is 12.4. The van der Waals surface area contributed by atoms with Crippen molar-refractivity contribution in [1.29, 1.82) is 0 Å². The van der Waals surface area contributed by atoms with Crippen molar-refractivity contribution < 1.29 is 28.7 Å². The first-order valence-corrected chi connectivity index (χ1v) is 16.6. The summed E-state index contributed by atoms with van der Waals surface area (Å²) in [6.07, 6.45) is 3.22. The molecule has 0 unspecified atom stereocenters. The molecule has 0 aromatic heterocycles. The number of amides is 2. The highest BCUT2D eigenvalue weighted by molar-refractivity contribution is 6.04. The van der Waals surface area contributed by atoms with E-state index in [1.165, 1.54) is 0 Å². The maximum Gasteiger partial charge on any atom is 0.219 e. The van der Waals surface area contributed by atoms with Crippen LogP contribution in [0.3, 0.4) is 0 Å². The predicted molar refractivity (Wildman–Crippen MR) is 195 cm³/mol. The highest BCUT2D eigenvalue weighted by Gasteiger charge is 2.20. The Kier molecular flexibility index (Phi) is 17.5. The number of benzene rings is 2. The summed E-state index contributed by atoms with van der Waals surface area (Å²) in [6, 6.07) is 15.3. The normalized spacial score (nSPS) is 14.7. The minimum atomic E-state index is -0.0972. The summed E-state index contributed by atoms with van der Waals surface area (Å²) >= 11 is 0. The predicted octanol–water partition coefficient (Wildman–Crippen LogP) is 3.34. The van der Waals surface area contributed by atoms with Crippen molar-refractivity contribution in [2.24, 2.45) is 0 Å². The van der Waals surface area contributed by atoms with Gasteiger partial charge in [-0.05, 0) is 69.6 Å². The largest absolute Gasteiger partial charge is 0.383 e. The number of carbonyl (C=O) groups is 4. The summed E-state index contributed by atoms with van der Waals surface area (Å²) < 4.78 is 9.89. The standard InChI is InChI=1S/C17H23N3O2.C14H18N2O2.C6H15NO2/c1-14(21)19-10-12-20(13-11-19)16-6-4-15(5-7-16)17(22)8-9-18(2)3;1-11(17)13-3-5-14(6-4-13)16-9-7-15(8-10-16)12(2)18;1-7(2)5-6(8-3)9-4/h4-9H,10-13H2,1-3H3;3-6H,7-10H2,1-2H3;6H,5H2,1-4H3/b9-8+;;. The number of Topliss-reactive ketones (excluding diaryl/α,β-unsaturated/α-hetero) is 1. The van der Waals surface area contributed by atoms with E-state index in [1.807, 2.05) is 96.3 Å². The van der Waals surface area contributed by atoms with Crippen LogP contribution in [-0.2, 0) is 19.1 Å². The summed E-state index contributed by atoms with van der Waals surface area (Å²) in [5, 5.41) is 0. The van der Waals surface area contributed by atoms with Crippen molar-refractivity contribution in [3.05, 3.63) is 71.9 Å². The van der Waals surface area contributed by atoms with Gasteiger partial charge in [0.1, 0.15) is 0 Å². The monoisotopic (exact) mass is 680 g/mol. The van der Waals surface area contributed by atoms with Crippen LogP contribution in [-0.4, -0.2) is 151 Å². The van der Waals surface area contributed by atoms with E-state index in [0.717, 1.165) is 75.8 Å². The van der Waals surface area contributed by atoms with Gasteiger partial charge < -0.3 is 38.9 Å². The number of likely N-dealkylation sites (N-methyl/N-ethyl adjacent to an activating group) is 1. The number of hydrogen-bond acceptors (Lipinski definition) is 10. The third-order valence-corrected chi connectivity index (χ3v) is 8.17. The lowest BCUT2D eigenvalue weighted by molar-refractivity contribution is -0.129. The molecule has 0 spiro atoms. The summed E-state index contributed by atoms with van der Waals surface area (Å²) in [5.41, 5.74) is 3.63. The molecule has 2 aromatic carbocycles. The number of nitrogens with zero attached hydrogens (tertiary/aromatic N) is 6. The summed E-state index contributed by atoms with van der Waals surface area (Å²) in [5.74, 6) is 0.361. The first kappa shape index (κ1) is 40.9. The average Bonchev–Trinajstić information content (AvgIpc) is 3.10. The van der Waals surface area contributed by atoms with Gasteiger partial charge in [-0.1, -0.05) is 0 Å². The Bertz CT molecular complexity index is 1340. The number of allylic oxidation sites excluding steroid dienone is 1. The smallest absolute Gasteiger partial charge is 0.219 e. The van der Waals surface area contributed by atoms with Gasteiger partial charge in [0.15, 0.2) is 17.9 Å². The number of ketones is 2. The van der Waals surface area contributed by atoms with Crippen molar-refractivity contribution in [3.8, 4) is 0 Å². The minimum absolute atomic E-state index is 0.00153. The van der Waals surface area contributed by atoms with Crippen LogP contribution in [0.1, 0.15) is 41.5 Å². The molecule has 2 aromatic rings. The Labute approximate surface area is 292 Å². The van der Waals surface area contributed by atoms with E-state index in [4.69, 9.17) is 9.47 Å². The van der Waals surface area contributed by atoms with Crippen LogP contribution < -0.4 is 9.80 Å². The molecule has 49 heavy (non-hydrogen) atoms. The number of ether oxygens (including phenoxy) is 2. The summed E-state index contributed by atoms with van der Waals surface area (Å²) in [6.45, 7) is 12.0. The van der Waals surface area contributed by atoms with Gasteiger partial charge in [-0.25, -0.2) is 0 Å². The number of piperazine rings is 2. The SMILES string of the molecule is CC(=O)N1CCN(c2ccc(C(=O)/C=C/N(C)C)cc2)CC1.CC(=O)c1ccc(N2CCN(C(C)=O)CC2)cc1.COC(CN(C)C)OC. The molecule has 2 heterocycles. The lowest BCUT2D eigenvalue weighted by Gasteiger charge is -2.35. The third-order valence-electron chi connectivity index (χ3n) is 8.17. The zero-order chi connectivity index (χ0) is 36.5. The second kappa shape index (κ2) is 21.0. The first-order valence-electron chi connectivity index (χ1n) is 16.6. The van der Waals surface area contributed by atoms with E-state index in [-0.39, 0.29) is 29.7 Å². The Hall–Kier alpha value is -4.26. The maximum atomic E-state index is 12.0. The summed E-state index contributed by atoms with van der Waals surface area (Å²) in [7, 11) is 11.0. The van der Waals surface area contributed by atoms with Gasteiger partial charge in [0.2, 0.25) is 11.8 Å². The molecule has 270 valence electrons. The molecule has 0 aliphatic carbocycles. The first-order chi connectivity index (χ1) is 23.2. The van der Waals surface area contributed by atoms with Gasteiger partial charge in [0.25, 0.3) is 0 Å². The topological polar surface area (TPSA) is 106 Å². The molecule has 2 fully saturated rings. The Balaban J connectivity index is 0.000000277. The molecular weight excluding hydrogens is 624 g/mol. The zero-order valence-corrected chi connectivity index (χ0v) is 30.8. The van der Waals surface area contributed by atoms with Crippen LogP contribution in [0.4, 0.5) is 11.4 Å². The highest BCUT2D eigenvalue weighted by atomic mass is 16.7. The molecule has 12 heteroatoms. The Morgan fingerprint density at radius 2 is 1.04 bits per heavy atom. The summed E-state index contributed by atoms with van der Waals surface area (Å²) in [4.78, 5) is 57.8. The Morgan fingerprint density at radius 1 is 0.653 bits per heavy atom. The van der Waals surface area contributed by atoms with E-state index < -0.39 is 0 Å². The van der Waals surface area contributed by atoms with E-state index in [9.17, 15) is 19.2 Å². The van der Waals surface area contributed by atoms with Crippen molar-refractivity contribution in [2.75, 3.05) is 111 Å². The lowest BCUT2D eigenvalue weighted by atomic mass is 10.1. The molecule has 0 bridgehead atoms. The molecule has 2 amide bonds. The van der Waals surface area contributed by atoms with E-state index in [0.29, 0.717) is 5.56 Å². The number of anilines is 2. The molecule has 2 saturated heterocycles. The highest BCUT2D eigenvalue weighted by Crippen LogP contribution is 2.19. The molecular formula is C37H56N6O6. The van der Waals surface area contributed by atoms with Crippen molar-refractivity contribution in [2.45, 2.75) is 27.1 Å². The molecule has 0 saturated carbocycles.